The number of rotatable bonds is 5. The van der Waals surface area contributed by atoms with Crippen LogP contribution >= 0.6 is 11.8 Å². The van der Waals surface area contributed by atoms with Gasteiger partial charge in [-0.2, -0.15) is 0 Å². The van der Waals surface area contributed by atoms with Crippen LogP contribution in [0.3, 0.4) is 0 Å². The fourth-order valence-electron chi connectivity index (χ4n) is 2.91. The molecular formula is C19H19N3O4S. The summed E-state index contributed by atoms with van der Waals surface area (Å²) in [6, 6.07) is 14.8. The molecule has 0 aromatic heterocycles. The van der Waals surface area contributed by atoms with E-state index in [0.29, 0.717) is 17.8 Å². The third kappa shape index (κ3) is 4.47. The van der Waals surface area contributed by atoms with Crippen LogP contribution in [0.4, 0.5) is 11.4 Å². The molecule has 3 amide bonds. The summed E-state index contributed by atoms with van der Waals surface area (Å²) in [7, 11) is 0. The highest BCUT2D eigenvalue weighted by Crippen LogP contribution is 2.41. The Hall–Kier alpha value is -2.84. The molecule has 0 saturated carbocycles. The quantitative estimate of drug-likeness (QED) is 0.541. The highest BCUT2D eigenvalue weighted by atomic mass is 32.2. The summed E-state index contributed by atoms with van der Waals surface area (Å²) in [5, 5.41) is 11.2. The number of hydroxylamine groups is 1. The van der Waals surface area contributed by atoms with Gasteiger partial charge in [-0.25, -0.2) is 5.48 Å². The normalized spacial score (nSPS) is 15.9. The van der Waals surface area contributed by atoms with Gasteiger partial charge < -0.3 is 10.2 Å². The Morgan fingerprint density at radius 1 is 1.19 bits per heavy atom. The highest BCUT2D eigenvalue weighted by molar-refractivity contribution is 8.01. The smallest absolute Gasteiger partial charge is 0.263 e. The van der Waals surface area contributed by atoms with Gasteiger partial charge in [-0.15, -0.1) is 11.8 Å². The van der Waals surface area contributed by atoms with E-state index in [1.165, 1.54) is 23.6 Å². The van der Waals surface area contributed by atoms with Crippen molar-refractivity contribution in [3.63, 3.8) is 0 Å². The number of amides is 3. The molecule has 3 N–H and O–H groups in total. The van der Waals surface area contributed by atoms with Gasteiger partial charge in [0.05, 0.1) is 10.9 Å². The molecule has 1 aliphatic heterocycles. The molecule has 0 radical (unpaired) electrons. The molecule has 8 heteroatoms. The molecule has 0 aliphatic carbocycles. The summed E-state index contributed by atoms with van der Waals surface area (Å²) >= 11 is 1.40. The number of fused-ring (bicyclic) bond motifs is 1. The maximum absolute atomic E-state index is 13.0. The van der Waals surface area contributed by atoms with Crippen LogP contribution in [0.15, 0.2) is 53.4 Å². The van der Waals surface area contributed by atoms with Crippen LogP contribution in [0.25, 0.3) is 0 Å². The molecule has 3 rings (SSSR count). The number of hydrogen-bond acceptors (Lipinski definition) is 5. The molecule has 7 nitrogen and oxygen atoms in total. The predicted octanol–water partition coefficient (Wildman–Crippen LogP) is 2.20. The van der Waals surface area contributed by atoms with Crippen LogP contribution in [0.5, 0.6) is 0 Å². The van der Waals surface area contributed by atoms with Crippen LogP contribution in [0.1, 0.15) is 12.5 Å². The highest BCUT2D eigenvalue weighted by Gasteiger charge is 2.34. The Bertz CT molecular complexity index is 873. The lowest BCUT2D eigenvalue weighted by atomic mass is 10.1. The number of benzene rings is 2. The third-order valence-corrected chi connectivity index (χ3v) is 5.31. The summed E-state index contributed by atoms with van der Waals surface area (Å²) in [4.78, 5) is 38.1. The van der Waals surface area contributed by atoms with E-state index in [2.05, 4.69) is 5.32 Å². The van der Waals surface area contributed by atoms with E-state index in [4.69, 9.17) is 5.21 Å². The van der Waals surface area contributed by atoms with Crippen molar-refractivity contribution in [2.24, 2.45) is 0 Å². The van der Waals surface area contributed by atoms with Gasteiger partial charge >= 0.3 is 0 Å². The first-order chi connectivity index (χ1) is 13.0. The predicted molar refractivity (Wildman–Crippen MR) is 103 cm³/mol. The molecular weight excluding hydrogens is 366 g/mol. The Morgan fingerprint density at radius 3 is 2.59 bits per heavy atom. The molecule has 2 aromatic rings. The molecule has 0 bridgehead atoms. The lowest BCUT2D eigenvalue weighted by Gasteiger charge is -2.33. The Labute approximate surface area is 160 Å². The fraction of sp³-hybridized carbons (Fsp3) is 0.211. The van der Waals surface area contributed by atoms with Gasteiger partial charge in [0.15, 0.2) is 0 Å². The van der Waals surface area contributed by atoms with Gasteiger partial charge in [0.2, 0.25) is 11.8 Å². The van der Waals surface area contributed by atoms with E-state index < -0.39 is 11.2 Å². The van der Waals surface area contributed by atoms with Crippen molar-refractivity contribution in [1.82, 2.24) is 5.48 Å². The van der Waals surface area contributed by atoms with Crippen LogP contribution in [-0.2, 0) is 20.8 Å². The van der Waals surface area contributed by atoms with Gasteiger partial charge in [0.25, 0.3) is 5.91 Å². The Morgan fingerprint density at radius 2 is 1.93 bits per heavy atom. The number of thioether (sulfide) groups is 1. The van der Waals surface area contributed by atoms with Crippen molar-refractivity contribution in [1.29, 1.82) is 0 Å². The summed E-state index contributed by atoms with van der Waals surface area (Å²) < 4.78 is 0. The zero-order valence-electron chi connectivity index (χ0n) is 14.6. The van der Waals surface area contributed by atoms with E-state index in [0.717, 1.165) is 10.5 Å². The Balaban J connectivity index is 1.94. The van der Waals surface area contributed by atoms with Crippen molar-refractivity contribution in [3.05, 3.63) is 54.1 Å². The van der Waals surface area contributed by atoms with Gasteiger partial charge in [-0.3, -0.25) is 19.6 Å². The van der Waals surface area contributed by atoms with Crippen LogP contribution in [0.2, 0.25) is 0 Å². The number of carbonyl (C=O) groups is 3. The maximum atomic E-state index is 13.0. The maximum Gasteiger partial charge on any atom is 0.263 e. The minimum atomic E-state index is -0.675. The molecule has 1 unspecified atom stereocenters. The van der Waals surface area contributed by atoms with Crippen molar-refractivity contribution in [3.8, 4) is 0 Å². The van der Waals surface area contributed by atoms with Crippen molar-refractivity contribution in [2.75, 3.05) is 16.8 Å². The molecule has 0 spiro atoms. The second-order valence-electron chi connectivity index (χ2n) is 6.12. The fourth-order valence-corrected chi connectivity index (χ4v) is 4.21. The van der Waals surface area contributed by atoms with Gasteiger partial charge in [0, 0.05) is 17.5 Å². The summed E-state index contributed by atoms with van der Waals surface area (Å²) in [5.74, 6) is -1.07. The number of anilines is 2. The molecule has 0 fully saturated rings. The van der Waals surface area contributed by atoms with E-state index >= 15 is 0 Å². The summed E-state index contributed by atoms with van der Waals surface area (Å²) in [6.07, 6.45) is 0.505. The summed E-state index contributed by atoms with van der Waals surface area (Å²) in [6.45, 7) is 1.14. The van der Waals surface area contributed by atoms with E-state index in [9.17, 15) is 14.4 Å². The van der Waals surface area contributed by atoms with Crippen LogP contribution < -0.4 is 15.7 Å². The monoisotopic (exact) mass is 385 g/mol. The zero-order valence-corrected chi connectivity index (χ0v) is 15.5. The number of carbonyl (C=O) groups excluding carboxylic acids is 3. The minimum Gasteiger partial charge on any atom is -0.326 e. The van der Waals surface area contributed by atoms with Crippen LogP contribution in [-0.4, -0.2) is 34.7 Å². The Kier molecular flexibility index (Phi) is 5.78. The first-order valence-electron chi connectivity index (χ1n) is 8.34. The second-order valence-corrected chi connectivity index (χ2v) is 7.36. The van der Waals surface area contributed by atoms with Crippen LogP contribution in [0, 0.1) is 0 Å². The molecule has 27 heavy (non-hydrogen) atoms. The SMILES string of the molecule is CC(=O)Nc1ccc2c(c1)SC(Cc1ccccc1)C(=O)N2CC(=O)NO. The molecule has 0 saturated heterocycles. The van der Waals surface area contributed by atoms with E-state index in [1.807, 2.05) is 30.3 Å². The van der Waals surface area contributed by atoms with E-state index in [1.54, 1.807) is 23.7 Å². The average molecular weight is 385 g/mol. The van der Waals surface area contributed by atoms with Gasteiger partial charge in [0.1, 0.15) is 6.54 Å². The average Bonchev–Trinajstić information content (AvgIpc) is 2.65. The van der Waals surface area contributed by atoms with E-state index in [-0.39, 0.29) is 18.4 Å². The zero-order chi connectivity index (χ0) is 19.4. The molecule has 2 aromatic carbocycles. The number of nitrogens with zero attached hydrogens (tertiary/aromatic N) is 1. The first-order valence-corrected chi connectivity index (χ1v) is 9.22. The first kappa shape index (κ1) is 18.9. The van der Waals surface area contributed by atoms with Crippen molar-refractivity contribution < 1.29 is 19.6 Å². The second kappa shape index (κ2) is 8.24. The molecule has 1 atom stereocenters. The lowest BCUT2D eigenvalue weighted by molar-refractivity contribution is -0.129. The largest absolute Gasteiger partial charge is 0.326 e. The lowest BCUT2D eigenvalue weighted by Crippen LogP contribution is -2.46. The molecule has 1 aliphatic rings. The van der Waals surface area contributed by atoms with Crippen molar-refractivity contribution in [2.45, 2.75) is 23.5 Å². The molecule has 1 heterocycles. The summed E-state index contributed by atoms with van der Waals surface area (Å²) in [5.41, 5.74) is 3.77. The third-order valence-electron chi connectivity index (χ3n) is 4.07. The minimum absolute atomic E-state index is 0.191. The van der Waals surface area contributed by atoms with Gasteiger partial charge in [-0.1, -0.05) is 30.3 Å². The standard InChI is InChI=1S/C19H19N3O4S/c1-12(23)20-14-7-8-15-16(10-14)27-17(9-13-5-3-2-4-6-13)19(25)22(15)11-18(24)21-26/h2-8,10,17,26H,9,11H2,1H3,(H,20,23)(H,21,24). The number of hydrogen-bond donors (Lipinski definition) is 3. The van der Waals surface area contributed by atoms with Gasteiger partial charge in [-0.05, 0) is 30.2 Å². The topological polar surface area (TPSA) is 98.7 Å². The molecule has 140 valence electrons. The number of nitrogens with one attached hydrogen (secondary N) is 2. The van der Waals surface area contributed by atoms with Crippen molar-refractivity contribution >= 4 is 40.9 Å².